The van der Waals surface area contributed by atoms with Crippen LogP contribution in [0.25, 0.3) is 0 Å². The van der Waals surface area contributed by atoms with Gasteiger partial charge >= 0.3 is 0 Å². The zero-order chi connectivity index (χ0) is 15.7. The van der Waals surface area contributed by atoms with Crippen LogP contribution in [0.4, 0.5) is 10.1 Å². The van der Waals surface area contributed by atoms with Crippen LogP contribution < -0.4 is 16.2 Å². The van der Waals surface area contributed by atoms with E-state index in [1.807, 2.05) is 0 Å². The van der Waals surface area contributed by atoms with Crippen LogP contribution in [0.5, 0.6) is 0 Å². The summed E-state index contributed by atoms with van der Waals surface area (Å²) in [5.41, 5.74) is 9.45. The van der Waals surface area contributed by atoms with E-state index in [1.54, 1.807) is 0 Å². The molecule has 0 aliphatic rings. The Bertz CT molecular complexity index is 647. The number of benzene rings is 1. The van der Waals surface area contributed by atoms with Crippen molar-refractivity contribution in [2.24, 2.45) is 11.1 Å². The van der Waals surface area contributed by atoms with Crippen molar-refractivity contribution >= 4 is 33.2 Å². The molecule has 0 fully saturated rings. The molecule has 1 aromatic rings. The molecule has 0 aliphatic heterocycles. The fraction of sp³-hybridized carbons (Fsp3) is 0.364. The van der Waals surface area contributed by atoms with Crippen LogP contribution >= 0.6 is 11.6 Å². The van der Waals surface area contributed by atoms with Crippen molar-refractivity contribution < 1.29 is 17.6 Å². The van der Waals surface area contributed by atoms with Gasteiger partial charge in [0.1, 0.15) is 4.90 Å². The van der Waals surface area contributed by atoms with E-state index in [0.717, 1.165) is 12.1 Å². The Morgan fingerprint density at radius 1 is 1.45 bits per heavy atom. The van der Waals surface area contributed by atoms with Crippen molar-refractivity contribution in [1.29, 1.82) is 0 Å². The van der Waals surface area contributed by atoms with Gasteiger partial charge in [-0.25, -0.2) is 17.5 Å². The van der Waals surface area contributed by atoms with E-state index in [-0.39, 0.29) is 12.2 Å². The molecule has 1 rings (SSSR count). The number of carbonyl (C=O) groups is 1. The number of halogens is 2. The van der Waals surface area contributed by atoms with Crippen molar-refractivity contribution in [2.75, 3.05) is 12.3 Å². The van der Waals surface area contributed by atoms with Crippen molar-refractivity contribution in [3.8, 4) is 0 Å². The average molecular weight is 324 g/mol. The first-order valence-electron chi connectivity index (χ1n) is 5.51. The number of primary amides is 1. The maximum absolute atomic E-state index is 13.8. The lowest BCUT2D eigenvalue weighted by Crippen LogP contribution is -2.42. The minimum absolute atomic E-state index is 0.00550. The van der Waals surface area contributed by atoms with E-state index < -0.39 is 37.1 Å². The van der Waals surface area contributed by atoms with Crippen LogP contribution in [0.1, 0.15) is 13.8 Å². The number of amides is 1. The highest BCUT2D eigenvalue weighted by Crippen LogP contribution is 2.26. The molecule has 0 saturated carbocycles. The summed E-state index contributed by atoms with van der Waals surface area (Å²) in [6.07, 6.45) is 0. The smallest absolute Gasteiger partial charge is 0.243 e. The first-order chi connectivity index (χ1) is 8.97. The lowest BCUT2D eigenvalue weighted by Gasteiger charge is -2.20. The maximum atomic E-state index is 13.8. The number of hydrogen-bond donors (Lipinski definition) is 3. The van der Waals surface area contributed by atoms with Crippen LogP contribution in [0, 0.1) is 11.2 Å². The molecular formula is C11H15ClFN3O3S. The number of nitrogen functional groups attached to an aromatic ring is 1. The molecule has 20 heavy (non-hydrogen) atoms. The van der Waals surface area contributed by atoms with Gasteiger partial charge in [0.2, 0.25) is 15.9 Å². The van der Waals surface area contributed by atoms with Crippen molar-refractivity contribution in [2.45, 2.75) is 18.7 Å². The molecule has 1 amide bonds. The second-order valence-corrected chi connectivity index (χ2v) is 7.03. The molecule has 0 saturated heterocycles. The number of carbonyl (C=O) groups excluding carboxylic acids is 1. The minimum Gasteiger partial charge on any atom is -0.399 e. The molecule has 1 aromatic carbocycles. The lowest BCUT2D eigenvalue weighted by molar-refractivity contribution is -0.125. The maximum Gasteiger partial charge on any atom is 0.243 e. The zero-order valence-corrected chi connectivity index (χ0v) is 12.5. The number of nitrogens with two attached hydrogens (primary N) is 2. The van der Waals surface area contributed by atoms with E-state index in [4.69, 9.17) is 23.1 Å². The fourth-order valence-electron chi connectivity index (χ4n) is 1.22. The molecule has 5 N–H and O–H groups in total. The van der Waals surface area contributed by atoms with Gasteiger partial charge in [0.25, 0.3) is 0 Å². The molecular weight excluding hydrogens is 309 g/mol. The standard InChI is InChI=1S/C11H15ClFN3O3S/c1-11(2,10(15)17)5-16-20(18,19)8-4-6(14)3-7(12)9(8)13/h3-4,16H,5,14H2,1-2H3,(H2,15,17). The zero-order valence-electron chi connectivity index (χ0n) is 10.9. The Hall–Kier alpha value is -1.38. The third-order valence-electron chi connectivity index (χ3n) is 2.68. The highest BCUT2D eigenvalue weighted by Gasteiger charge is 2.29. The number of sulfonamides is 1. The Balaban J connectivity index is 3.10. The Kier molecular flexibility index (Phi) is 4.62. The van der Waals surface area contributed by atoms with Crippen LogP contribution in [0.2, 0.25) is 5.02 Å². The van der Waals surface area contributed by atoms with Gasteiger partial charge in [-0.2, -0.15) is 0 Å². The van der Waals surface area contributed by atoms with Gasteiger partial charge in [-0.15, -0.1) is 0 Å². The fourth-order valence-corrected chi connectivity index (χ4v) is 2.85. The Morgan fingerprint density at radius 3 is 2.50 bits per heavy atom. The van der Waals surface area contributed by atoms with Crippen LogP contribution in [-0.2, 0) is 14.8 Å². The van der Waals surface area contributed by atoms with Crippen LogP contribution in [-0.4, -0.2) is 20.9 Å². The van der Waals surface area contributed by atoms with Crippen molar-refractivity contribution in [3.05, 3.63) is 23.0 Å². The van der Waals surface area contributed by atoms with Gasteiger partial charge in [-0.3, -0.25) is 4.79 Å². The summed E-state index contributed by atoms with van der Waals surface area (Å²) in [5.74, 6) is -1.79. The third kappa shape index (κ3) is 3.59. The average Bonchev–Trinajstić information content (AvgIpc) is 2.31. The van der Waals surface area contributed by atoms with Gasteiger partial charge in [0.15, 0.2) is 5.82 Å². The molecule has 0 unspecified atom stereocenters. The number of anilines is 1. The van der Waals surface area contributed by atoms with E-state index in [0.29, 0.717) is 0 Å². The summed E-state index contributed by atoms with van der Waals surface area (Å²) in [4.78, 5) is 10.4. The van der Waals surface area contributed by atoms with Gasteiger partial charge in [0, 0.05) is 12.2 Å². The summed E-state index contributed by atoms with van der Waals surface area (Å²) >= 11 is 5.54. The summed E-state index contributed by atoms with van der Waals surface area (Å²) in [6.45, 7) is 2.64. The normalized spacial score (nSPS) is 12.4. The third-order valence-corrected chi connectivity index (χ3v) is 4.35. The first-order valence-corrected chi connectivity index (χ1v) is 7.37. The van der Waals surface area contributed by atoms with Crippen LogP contribution in [0.15, 0.2) is 17.0 Å². The monoisotopic (exact) mass is 323 g/mol. The molecule has 0 atom stereocenters. The SMILES string of the molecule is CC(C)(CNS(=O)(=O)c1cc(N)cc(Cl)c1F)C(N)=O. The molecule has 9 heteroatoms. The molecule has 0 radical (unpaired) electrons. The summed E-state index contributed by atoms with van der Waals surface area (Å²) < 4.78 is 39.9. The first kappa shape index (κ1) is 16.7. The van der Waals surface area contributed by atoms with E-state index in [2.05, 4.69) is 4.72 Å². The summed E-state index contributed by atoms with van der Waals surface area (Å²) in [5, 5.41) is -0.403. The molecule has 0 aliphatic carbocycles. The van der Waals surface area contributed by atoms with E-state index in [1.165, 1.54) is 13.8 Å². The number of hydrogen-bond acceptors (Lipinski definition) is 4. The summed E-state index contributed by atoms with van der Waals surface area (Å²) in [6, 6.07) is 2.05. The molecule has 112 valence electrons. The molecule has 6 nitrogen and oxygen atoms in total. The molecule has 0 bridgehead atoms. The van der Waals surface area contributed by atoms with Gasteiger partial charge in [0.05, 0.1) is 10.4 Å². The van der Waals surface area contributed by atoms with Gasteiger partial charge < -0.3 is 11.5 Å². The second kappa shape index (κ2) is 5.55. The Labute approximate surface area is 121 Å². The Morgan fingerprint density at radius 2 is 2.00 bits per heavy atom. The van der Waals surface area contributed by atoms with Crippen LogP contribution in [0.3, 0.4) is 0 Å². The molecule has 0 heterocycles. The summed E-state index contributed by atoms with van der Waals surface area (Å²) in [7, 11) is -4.20. The van der Waals surface area contributed by atoms with E-state index in [9.17, 15) is 17.6 Å². The molecule has 0 spiro atoms. The highest BCUT2D eigenvalue weighted by atomic mass is 35.5. The van der Waals surface area contributed by atoms with E-state index >= 15 is 0 Å². The highest BCUT2D eigenvalue weighted by molar-refractivity contribution is 7.89. The quantitative estimate of drug-likeness (QED) is 0.697. The number of rotatable bonds is 5. The van der Waals surface area contributed by atoms with Gasteiger partial charge in [-0.05, 0) is 26.0 Å². The predicted octanol–water partition coefficient (Wildman–Crippen LogP) is 0.851. The molecule has 0 aromatic heterocycles. The second-order valence-electron chi connectivity index (χ2n) is 4.89. The largest absolute Gasteiger partial charge is 0.399 e. The topological polar surface area (TPSA) is 115 Å². The van der Waals surface area contributed by atoms with Crippen molar-refractivity contribution in [3.63, 3.8) is 0 Å². The lowest BCUT2D eigenvalue weighted by atomic mass is 9.93. The van der Waals surface area contributed by atoms with Gasteiger partial charge in [-0.1, -0.05) is 11.6 Å². The van der Waals surface area contributed by atoms with Crippen molar-refractivity contribution in [1.82, 2.24) is 4.72 Å². The predicted molar refractivity (Wildman–Crippen MR) is 74.0 cm³/mol. The number of nitrogens with one attached hydrogen (secondary N) is 1. The minimum atomic E-state index is -4.20.